The van der Waals surface area contributed by atoms with Gasteiger partial charge in [0, 0.05) is 16.5 Å². The number of hydrazone groups is 1. The lowest BCUT2D eigenvalue weighted by Crippen LogP contribution is -2.17. The molecule has 1 aromatic rings. The molecule has 1 rings (SSSR count). The lowest BCUT2D eigenvalue weighted by Gasteiger charge is -2.11. The van der Waals surface area contributed by atoms with Gasteiger partial charge in [0.05, 0.1) is 6.21 Å². The van der Waals surface area contributed by atoms with E-state index in [9.17, 15) is 0 Å². The number of nitrogens with zero attached hydrogens (tertiary/aromatic N) is 2. The zero-order valence-corrected chi connectivity index (χ0v) is 13.9. The summed E-state index contributed by atoms with van der Waals surface area (Å²) < 4.78 is 0. The van der Waals surface area contributed by atoms with Crippen LogP contribution in [0.25, 0.3) is 0 Å². The maximum atomic E-state index is 5.81. The molecule has 1 N–H and O–H groups in total. The highest BCUT2D eigenvalue weighted by molar-refractivity contribution is 8.14. The summed E-state index contributed by atoms with van der Waals surface area (Å²) in [5.41, 5.74) is 5.17. The summed E-state index contributed by atoms with van der Waals surface area (Å²) in [6, 6.07) is 8.11. The summed E-state index contributed by atoms with van der Waals surface area (Å²) >= 11 is 7.36. The highest BCUT2D eigenvalue weighted by Crippen LogP contribution is 2.20. The van der Waals surface area contributed by atoms with Crippen molar-refractivity contribution in [2.24, 2.45) is 10.1 Å². The van der Waals surface area contributed by atoms with Crippen LogP contribution in [0.15, 0.2) is 58.7 Å². The summed E-state index contributed by atoms with van der Waals surface area (Å²) in [4.78, 5) is 4.16. The fourth-order valence-electron chi connectivity index (χ4n) is 1.53. The second kappa shape index (κ2) is 9.42. The van der Waals surface area contributed by atoms with Crippen LogP contribution in [-0.2, 0) is 0 Å². The Balaban J connectivity index is 2.58. The van der Waals surface area contributed by atoms with Gasteiger partial charge < -0.3 is 0 Å². The number of amidine groups is 1. The van der Waals surface area contributed by atoms with Gasteiger partial charge in [0.25, 0.3) is 0 Å². The van der Waals surface area contributed by atoms with Gasteiger partial charge in [-0.3, -0.25) is 5.43 Å². The van der Waals surface area contributed by atoms with Crippen LogP contribution in [-0.4, -0.2) is 16.6 Å². The van der Waals surface area contributed by atoms with Gasteiger partial charge in [-0.1, -0.05) is 73.3 Å². The molecule has 1 atom stereocenters. The molecule has 0 spiro atoms. The Bertz CT molecular complexity index is 535. The smallest absolute Gasteiger partial charge is 0.182 e. The summed E-state index contributed by atoms with van der Waals surface area (Å²) in [7, 11) is 0. The molecular formula is C16H20ClN3S. The SMILES string of the molecule is C=CN=C(N/N=C/c1ccc(C)cc1)SC(C)CC(=C)Cl. The van der Waals surface area contributed by atoms with Crippen molar-refractivity contribution in [3.63, 3.8) is 0 Å². The Morgan fingerprint density at radius 2 is 2.10 bits per heavy atom. The molecule has 21 heavy (non-hydrogen) atoms. The van der Waals surface area contributed by atoms with Crippen molar-refractivity contribution in [2.45, 2.75) is 25.5 Å². The molecule has 3 nitrogen and oxygen atoms in total. The van der Waals surface area contributed by atoms with Crippen molar-refractivity contribution in [3.05, 3.63) is 59.8 Å². The summed E-state index contributed by atoms with van der Waals surface area (Å²) in [5.74, 6) is 0. The predicted octanol–water partition coefficient (Wildman–Crippen LogP) is 4.68. The number of benzene rings is 1. The quantitative estimate of drug-likeness (QED) is 0.469. The van der Waals surface area contributed by atoms with Crippen molar-refractivity contribution in [3.8, 4) is 0 Å². The molecule has 0 bridgehead atoms. The molecule has 0 saturated carbocycles. The van der Waals surface area contributed by atoms with Crippen LogP contribution >= 0.6 is 23.4 Å². The van der Waals surface area contributed by atoms with Crippen LogP contribution in [0.1, 0.15) is 24.5 Å². The van der Waals surface area contributed by atoms with Gasteiger partial charge in [-0.05, 0) is 18.9 Å². The van der Waals surface area contributed by atoms with Crippen LogP contribution < -0.4 is 5.43 Å². The van der Waals surface area contributed by atoms with Crippen LogP contribution in [0, 0.1) is 6.92 Å². The second-order valence-electron chi connectivity index (χ2n) is 4.55. The minimum atomic E-state index is 0.260. The Hall–Kier alpha value is -1.52. The van der Waals surface area contributed by atoms with E-state index in [1.807, 2.05) is 24.3 Å². The molecule has 0 saturated heterocycles. The molecule has 0 aliphatic heterocycles. The van der Waals surface area contributed by atoms with Crippen LogP contribution in [0.5, 0.6) is 0 Å². The maximum Gasteiger partial charge on any atom is 0.182 e. The Labute approximate surface area is 135 Å². The van der Waals surface area contributed by atoms with Gasteiger partial charge >= 0.3 is 0 Å². The first-order valence-electron chi connectivity index (χ1n) is 6.55. The number of hydrogen-bond acceptors (Lipinski definition) is 3. The molecule has 0 fully saturated rings. The van der Waals surface area contributed by atoms with Gasteiger partial charge in [0.1, 0.15) is 0 Å². The van der Waals surface area contributed by atoms with Crippen molar-refractivity contribution in [1.82, 2.24) is 5.43 Å². The zero-order chi connectivity index (χ0) is 15.7. The Morgan fingerprint density at radius 1 is 1.43 bits per heavy atom. The fraction of sp³-hybridized carbons (Fsp3) is 0.250. The predicted molar refractivity (Wildman–Crippen MR) is 96.2 cm³/mol. The molecule has 0 aliphatic rings. The van der Waals surface area contributed by atoms with Crippen molar-refractivity contribution >= 4 is 34.7 Å². The molecule has 0 amide bonds. The Morgan fingerprint density at radius 3 is 2.67 bits per heavy atom. The molecule has 0 radical (unpaired) electrons. The molecule has 1 aromatic carbocycles. The number of rotatable bonds is 6. The number of nitrogens with one attached hydrogen (secondary N) is 1. The van der Waals surface area contributed by atoms with E-state index in [-0.39, 0.29) is 5.25 Å². The van der Waals surface area contributed by atoms with Crippen molar-refractivity contribution in [1.29, 1.82) is 0 Å². The second-order valence-corrected chi connectivity index (χ2v) is 6.51. The third-order valence-electron chi connectivity index (χ3n) is 2.48. The van der Waals surface area contributed by atoms with E-state index >= 15 is 0 Å². The maximum absolute atomic E-state index is 5.81. The summed E-state index contributed by atoms with van der Waals surface area (Å²) in [5, 5.41) is 5.77. The topological polar surface area (TPSA) is 36.8 Å². The first kappa shape index (κ1) is 17.5. The standard InChI is InChI=1S/C16H20ClN3S/c1-5-18-16(21-14(4)10-13(3)17)20-19-11-15-8-6-12(2)7-9-15/h5-9,11,14H,1,3,10H2,2,4H3,(H,18,20)/b19-11+. The fourth-order valence-corrected chi connectivity index (χ4v) is 2.76. The lowest BCUT2D eigenvalue weighted by molar-refractivity contribution is 0.971. The molecule has 0 aromatic heterocycles. The van der Waals surface area contributed by atoms with Crippen LogP contribution in [0.3, 0.4) is 0 Å². The minimum absolute atomic E-state index is 0.260. The van der Waals surface area contributed by atoms with Crippen LogP contribution in [0.2, 0.25) is 0 Å². The number of allylic oxidation sites excluding steroid dienone is 1. The molecule has 5 heteroatoms. The van der Waals surface area contributed by atoms with E-state index in [1.165, 1.54) is 11.8 Å². The zero-order valence-electron chi connectivity index (χ0n) is 12.3. The molecule has 0 heterocycles. The van der Waals surface area contributed by atoms with E-state index in [1.54, 1.807) is 18.0 Å². The Kier molecular flexibility index (Phi) is 7.87. The van der Waals surface area contributed by atoms with Gasteiger partial charge in [-0.25, -0.2) is 4.99 Å². The van der Waals surface area contributed by atoms with E-state index in [2.05, 4.69) is 42.5 Å². The summed E-state index contributed by atoms with van der Waals surface area (Å²) in [6.07, 6.45) is 3.95. The number of aliphatic imine (C=N–C) groups is 1. The normalized spacial score (nSPS) is 13.2. The van der Waals surface area contributed by atoms with Crippen LogP contribution in [0.4, 0.5) is 0 Å². The largest absolute Gasteiger partial charge is 0.256 e. The molecular weight excluding hydrogens is 302 g/mol. The van der Waals surface area contributed by atoms with Gasteiger partial charge in [0.15, 0.2) is 5.17 Å². The summed E-state index contributed by atoms with van der Waals surface area (Å²) in [6.45, 7) is 11.4. The van der Waals surface area contributed by atoms with E-state index in [0.717, 1.165) is 5.56 Å². The molecule has 112 valence electrons. The third kappa shape index (κ3) is 7.73. The monoisotopic (exact) mass is 321 g/mol. The molecule has 1 unspecified atom stereocenters. The highest BCUT2D eigenvalue weighted by atomic mass is 35.5. The van der Waals surface area contributed by atoms with Crippen molar-refractivity contribution < 1.29 is 0 Å². The van der Waals surface area contributed by atoms with Crippen molar-refractivity contribution in [2.75, 3.05) is 0 Å². The first-order valence-corrected chi connectivity index (χ1v) is 7.81. The van der Waals surface area contributed by atoms with Gasteiger partial charge in [0.2, 0.25) is 0 Å². The van der Waals surface area contributed by atoms with Gasteiger partial charge in [-0.2, -0.15) is 5.10 Å². The lowest BCUT2D eigenvalue weighted by atomic mass is 10.2. The number of halogens is 1. The number of hydrogen-bond donors (Lipinski definition) is 1. The van der Waals surface area contributed by atoms with E-state index in [0.29, 0.717) is 16.6 Å². The minimum Gasteiger partial charge on any atom is -0.256 e. The first-order chi connectivity index (χ1) is 10.0. The van der Waals surface area contributed by atoms with Gasteiger partial charge in [-0.15, -0.1) is 0 Å². The average molecular weight is 322 g/mol. The van der Waals surface area contributed by atoms with E-state index < -0.39 is 0 Å². The average Bonchev–Trinajstić information content (AvgIpc) is 2.40. The molecule has 0 aliphatic carbocycles. The van der Waals surface area contributed by atoms with E-state index in [4.69, 9.17) is 11.6 Å². The third-order valence-corrected chi connectivity index (χ3v) is 3.62. The highest BCUT2D eigenvalue weighted by Gasteiger charge is 2.08. The number of thioether (sulfide) groups is 1. The number of aryl methyl sites for hydroxylation is 1.